The number of rotatable bonds is 6. The average Bonchev–Trinajstić information content (AvgIpc) is 2.82. The largest absolute Gasteiger partial charge is 0.478 e. The number of carbonyl (C=O) groups excluding carboxylic acids is 2. The molecule has 2 aromatic rings. The lowest BCUT2D eigenvalue weighted by atomic mass is 9.99. The van der Waals surface area contributed by atoms with Crippen LogP contribution in [0, 0.1) is 18.7 Å². The van der Waals surface area contributed by atoms with Gasteiger partial charge in [0, 0.05) is 25.7 Å². The minimum atomic E-state index is -3.88. The van der Waals surface area contributed by atoms with Crippen LogP contribution in [0.25, 0.3) is 0 Å². The van der Waals surface area contributed by atoms with Crippen LogP contribution >= 0.6 is 0 Å². The first-order valence-corrected chi connectivity index (χ1v) is 12.8. The van der Waals surface area contributed by atoms with Crippen molar-refractivity contribution in [3.05, 3.63) is 53.3 Å². The number of carbonyl (C=O) groups is 2. The van der Waals surface area contributed by atoms with Crippen molar-refractivity contribution >= 4 is 27.5 Å². The van der Waals surface area contributed by atoms with Crippen LogP contribution in [0.3, 0.4) is 0 Å². The first-order valence-electron chi connectivity index (χ1n) is 11.3. The maximum Gasteiger partial charge on any atom is 0.265 e. The van der Waals surface area contributed by atoms with Crippen LogP contribution in [0.15, 0.2) is 41.3 Å². The minimum absolute atomic E-state index is 0.0727. The Morgan fingerprint density at radius 3 is 2.71 bits per heavy atom. The highest BCUT2D eigenvalue weighted by Gasteiger charge is 2.35. The van der Waals surface area contributed by atoms with E-state index in [1.807, 2.05) is 6.92 Å². The number of aryl methyl sites for hydroxylation is 1. The molecular weight excluding hydrogens is 461 g/mol. The molecule has 2 aromatic carbocycles. The Kier molecular flexibility index (Phi) is 6.90. The third-order valence-electron chi connectivity index (χ3n) is 6.22. The van der Waals surface area contributed by atoms with Crippen LogP contribution in [0.2, 0.25) is 0 Å². The molecule has 10 heteroatoms. The SMILES string of the molecule is CC[C@H]1Oc2cc(S(=O)(=O)N3CCC[C@@H](C(=O)NCc4ccc(F)cc4)C3)c(C)cc2NC1=O. The maximum absolute atomic E-state index is 13.5. The zero-order valence-corrected chi connectivity index (χ0v) is 20.0. The van der Waals surface area contributed by atoms with Gasteiger partial charge >= 0.3 is 0 Å². The van der Waals surface area contributed by atoms with Crippen LogP contribution in [-0.4, -0.2) is 43.7 Å². The fourth-order valence-corrected chi connectivity index (χ4v) is 6.03. The van der Waals surface area contributed by atoms with Crippen molar-refractivity contribution in [3.63, 3.8) is 0 Å². The number of ether oxygens (including phenoxy) is 1. The molecule has 182 valence electrons. The summed E-state index contributed by atoms with van der Waals surface area (Å²) in [6.45, 7) is 4.12. The van der Waals surface area contributed by atoms with Gasteiger partial charge in [-0.15, -0.1) is 0 Å². The number of benzene rings is 2. The summed E-state index contributed by atoms with van der Waals surface area (Å²) in [5.74, 6) is -0.999. The monoisotopic (exact) mass is 489 g/mol. The molecule has 0 unspecified atom stereocenters. The Morgan fingerprint density at radius 1 is 1.26 bits per heavy atom. The highest BCUT2D eigenvalue weighted by Crippen LogP contribution is 2.36. The second-order valence-corrected chi connectivity index (χ2v) is 10.6. The molecule has 8 nitrogen and oxygen atoms in total. The van der Waals surface area contributed by atoms with Gasteiger partial charge in [-0.3, -0.25) is 9.59 Å². The molecular formula is C24H28FN3O5S. The first-order chi connectivity index (χ1) is 16.2. The van der Waals surface area contributed by atoms with Gasteiger partial charge in [0.25, 0.3) is 5.91 Å². The van der Waals surface area contributed by atoms with Gasteiger partial charge in [-0.05, 0) is 55.5 Å². The lowest BCUT2D eigenvalue weighted by Crippen LogP contribution is -2.45. The van der Waals surface area contributed by atoms with Gasteiger partial charge in [0.2, 0.25) is 15.9 Å². The number of nitrogens with one attached hydrogen (secondary N) is 2. The zero-order chi connectivity index (χ0) is 24.5. The molecule has 2 aliphatic heterocycles. The highest BCUT2D eigenvalue weighted by atomic mass is 32.2. The fraction of sp³-hybridized carbons (Fsp3) is 0.417. The molecule has 34 heavy (non-hydrogen) atoms. The molecule has 2 atom stereocenters. The number of sulfonamides is 1. The molecule has 0 aliphatic carbocycles. The topological polar surface area (TPSA) is 105 Å². The number of piperidine rings is 1. The lowest BCUT2D eigenvalue weighted by Gasteiger charge is -2.32. The van der Waals surface area contributed by atoms with Crippen LogP contribution in [0.5, 0.6) is 5.75 Å². The van der Waals surface area contributed by atoms with Gasteiger partial charge in [0.15, 0.2) is 6.10 Å². The molecule has 2 amide bonds. The van der Waals surface area contributed by atoms with Crippen LogP contribution in [-0.2, 0) is 26.2 Å². The summed E-state index contributed by atoms with van der Waals surface area (Å²) in [5, 5.41) is 5.59. The lowest BCUT2D eigenvalue weighted by molar-refractivity contribution is -0.126. The van der Waals surface area contributed by atoms with E-state index < -0.39 is 22.0 Å². The molecule has 4 rings (SSSR count). The number of amides is 2. The molecule has 2 heterocycles. The smallest absolute Gasteiger partial charge is 0.265 e. The number of anilines is 1. The second kappa shape index (κ2) is 9.71. The van der Waals surface area contributed by atoms with Gasteiger partial charge in [-0.2, -0.15) is 4.31 Å². The Balaban J connectivity index is 1.48. The van der Waals surface area contributed by atoms with E-state index in [2.05, 4.69) is 10.6 Å². The Labute approximate surface area is 198 Å². The Morgan fingerprint density at radius 2 is 2.00 bits per heavy atom. The normalized spacial score (nSPS) is 20.7. The molecule has 0 radical (unpaired) electrons. The summed E-state index contributed by atoms with van der Waals surface area (Å²) in [6, 6.07) is 8.91. The fourth-order valence-electron chi connectivity index (χ4n) is 4.28. The standard InChI is InChI=1S/C24H28FN3O5S/c1-3-20-24(30)27-19-11-15(2)22(12-21(19)33-20)34(31,32)28-10-4-5-17(14-28)23(29)26-13-16-6-8-18(25)9-7-16/h6-9,11-12,17,20H,3-5,10,13-14H2,1-2H3,(H,26,29)(H,27,30)/t17-,20-/m1/s1. The highest BCUT2D eigenvalue weighted by molar-refractivity contribution is 7.89. The van der Waals surface area contributed by atoms with Crippen molar-refractivity contribution < 1.29 is 27.1 Å². The quantitative estimate of drug-likeness (QED) is 0.649. The van der Waals surface area contributed by atoms with Crippen molar-refractivity contribution in [2.75, 3.05) is 18.4 Å². The zero-order valence-electron chi connectivity index (χ0n) is 19.1. The van der Waals surface area contributed by atoms with Gasteiger partial charge in [0.05, 0.1) is 16.5 Å². The first kappa shape index (κ1) is 24.2. The molecule has 1 fully saturated rings. The van der Waals surface area contributed by atoms with Crippen molar-refractivity contribution in [2.24, 2.45) is 5.92 Å². The van der Waals surface area contributed by atoms with E-state index >= 15 is 0 Å². The molecule has 0 bridgehead atoms. The van der Waals surface area contributed by atoms with E-state index in [9.17, 15) is 22.4 Å². The van der Waals surface area contributed by atoms with Crippen molar-refractivity contribution in [1.29, 1.82) is 0 Å². The van der Waals surface area contributed by atoms with E-state index in [0.29, 0.717) is 42.8 Å². The molecule has 0 aromatic heterocycles. The molecule has 2 aliphatic rings. The Hall–Kier alpha value is -2.98. The van der Waals surface area contributed by atoms with E-state index in [4.69, 9.17) is 4.74 Å². The summed E-state index contributed by atoms with van der Waals surface area (Å²) in [5.41, 5.74) is 1.69. The third kappa shape index (κ3) is 4.92. The summed E-state index contributed by atoms with van der Waals surface area (Å²) in [7, 11) is -3.88. The van der Waals surface area contributed by atoms with E-state index in [1.165, 1.54) is 22.5 Å². The number of fused-ring (bicyclic) bond motifs is 1. The van der Waals surface area contributed by atoms with Crippen LogP contribution in [0.1, 0.15) is 37.3 Å². The van der Waals surface area contributed by atoms with Gasteiger partial charge in [-0.1, -0.05) is 19.1 Å². The molecule has 1 saturated heterocycles. The summed E-state index contributed by atoms with van der Waals surface area (Å²) in [6.07, 6.45) is 0.928. The van der Waals surface area contributed by atoms with Gasteiger partial charge in [0.1, 0.15) is 11.6 Å². The van der Waals surface area contributed by atoms with Crippen LogP contribution < -0.4 is 15.4 Å². The second-order valence-electron chi connectivity index (χ2n) is 8.66. The predicted molar refractivity (Wildman–Crippen MR) is 124 cm³/mol. The van der Waals surface area contributed by atoms with Crippen molar-refractivity contribution in [1.82, 2.24) is 9.62 Å². The Bertz CT molecular complexity index is 1200. The summed E-state index contributed by atoms with van der Waals surface area (Å²) >= 11 is 0. The number of halogens is 1. The molecule has 0 spiro atoms. The molecule has 0 saturated carbocycles. The van der Waals surface area contributed by atoms with Gasteiger partial charge < -0.3 is 15.4 Å². The third-order valence-corrected chi connectivity index (χ3v) is 8.23. The van der Waals surface area contributed by atoms with E-state index in [0.717, 1.165) is 5.56 Å². The van der Waals surface area contributed by atoms with E-state index in [1.54, 1.807) is 25.1 Å². The summed E-state index contributed by atoms with van der Waals surface area (Å²) in [4.78, 5) is 24.9. The average molecular weight is 490 g/mol. The number of hydrogen-bond acceptors (Lipinski definition) is 5. The van der Waals surface area contributed by atoms with Crippen molar-refractivity contribution in [2.45, 2.75) is 50.7 Å². The predicted octanol–water partition coefficient (Wildman–Crippen LogP) is 2.96. The van der Waals surface area contributed by atoms with Gasteiger partial charge in [-0.25, -0.2) is 12.8 Å². The maximum atomic E-state index is 13.5. The number of hydrogen-bond donors (Lipinski definition) is 2. The molecule has 2 N–H and O–H groups in total. The minimum Gasteiger partial charge on any atom is -0.478 e. The van der Waals surface area contributed by atoms with Crippen molar-refractivity contribution in [3.8, 4) is 5.75 Å². The van der Waals surface area contributed by atoms with E-state index in [-0.39, 0.29) is 35.6 Å². The summed E-state index contributed by atoms with van der Waals surface area (Å²) < 4.78 is 47.1. The van der Waals surface area contributed by atoms with Crippen LogP contribution in [0.4, 0.5) is 10.1 Å². The number of nitrogens with zero attached hydrogens (tertiary/aromatic N) is 1.